The second kappa shape index (κ2) is 54.7. The lowest BCUT2D eigenvalue weighted by Crippen LogP contribution is -2.30. The summed E-state index contributed by atoms with van der Waals surface area (Å²) in [6, 6.07) is 0. The van der Waals surface area contributed by atoms with Crippen LogP contribution in [0.25, 0.3) is 0 Å². The number of allylic oxidation sites excluding steroid dienone is 12. The van der Waals surface area contributed by atoms with E-state index < -0.39 is 6.10 Å². The van der Waals surface area contributed by atoms with Gasteiger partial charge in [0.1, 0.15) is 6.61 Å². The van der Waals surface area contributed by atoms with Crippen LogP contribution >= 0.6 is 0 Å². The van der Waals surface area contributed by atoms with Gasteiger partial charge in [0.2, 0.25) is 0 Å². The van der Waals surface area contributed by atoms with E-state index >= 15 is 0 Å². The van der Waals surface area contributed by atoms with Crippen molar-refractivity contribution in [1.82, 2.24) is 0 Å². The molecule has 64 heavy (non-hydrogen) atoms. The maximum absolute atomic E-state index is 12.8. The molecule has 0 N–H and O–H groups in total. The molecule has 0 fully saturated rings. The second-order valence-corrected chi connectivity index (χ2v) is 18.1. The Morgan fingerprint density at radius 3 is 1.20 bits per heavy atom. The smallest absolute Gasteiger partial charge is 0.306 e. The molecule has 0 aromatic rings. The first-order valence-corrected chi connectivity index (χ1v) is 27.5. The van der Waals surface area contributed by atoms with E-state index in [-0.39, 0.29) is 25.2 Å². The zero-order chi connectivity index (χ0) is 46.3. The van der Waals surface area contributed by atoms with E-state index in [2.05, 4.69) is 93.7 Å². The molecular weight excluding hydrogens is 789 g/mol. The van der Waals surface area contributed by atoms with Crippen molar-refractivity contribution in [3.05, 3.63) is 72.9 Å². The van der Waals surface area contributed by atoms with Gasteiger partial charge in [-0.1, -0.05) is 222 Å². The summed E-state index contributed by atoms with van der Waals surface area (Å²) in [7, 11) is 0. The Morgan fingerprint density at radius 2 is 0.734 bits per heavy atom. The summed E-state index contributed by atoms with van der Waals surface area (Å²) in [5, 5.41) is 0. The van der Waals surface area contributed by atoms with Crippen LogP contribution in [0.1, 0.15) is 265 Å². The minimum atomic E-state index is -0.551. The molecule has 1 atom stereocenters. The van der Waals surface area contributed by atoms with Crippen molar-refractivity contribution >= 4 is 11.9 Å². The van der Waals surface area contributed by atoms with Gasteiger partial charge in [0, 0.05) is 19.4 Å². The third-order valence-corrected chi connectivity index (χ3v) is 11.7. The molecular formula is C59H104O5. The van der Waals surface area contributed by atoms with Crippen molar-refractivity contribution < 1.29 is 23.8 Å². The quantitative estimate of drug-likeness (QED) is 0.0346. The van der Waals surface area contributed by atoms with Gasteiger partial charge in [-0.05, 0) is 103 Å². The predicted molar refractivity (Wildman–Crippen MR) is 279 cm³/mol. The molecule has 0 aliphatic rings. The first kappa shape index (κ1) is 61.3. The normalized spacial score (nSPS) is 12.7. The van der Waals surface area contributed by atoms with Crippen molar-refractivity contribution in [1.29, 1.82) is 0 Å². The molecule has 370 valence electrons. The molecule has 0 bridgehead atoms. The van der Waals surface area contributed by atoms with Gasteiger partial charge in [-0.3, -0.25) is 9.59 Å². The van der Waals surface area contributed by atoms with Gasteiger partial charge in [0.25, 0.3) is 0 Å². The molecule has 0 saturated carbocycles. The number of carbonyl (C=O) groups excluding carboxylic acids is 2. The van der Waals surface area contributed by atoms with E-state index in [1.165, 1.54) is 148 Å². The van der Waals surface area contributed by atoms with Crippen LogP contribution in [0, 0.1) is 0 Å². The largest absolute Gasteiger partial charge is 0.462 e. The SMILES string of the molecule is CC/C=C\C/C=C\C/C=C\CCCCCCCCCCOCC(COC(=O)CCCCCCCCC/C=C\CCCCCCCC)OC(=O)CCCCCCC/C=C\C/C=C\CCC. The standard InChI is InChI=1S/C59H104O5/c1-4-7-10-13-16-19-22-25-27-29-31-33-36-39-42-45-48-51-54-62-55-57(64-59(61)53-50-47-44-41-38-34-24-21-18-15-12-9-6-3)56-63-58(60)52-49-46-43-40-37-35-32-30-28-26-23-20-17-14-11-8-5-2/h7,10,12,15-16,19,21,24-28,57H,4-6,8-9,11,13-14,17-18,20,22-23,29-56H2,1-3H3/b10-7-,15-12-,19-16-,24-21-,27-25-,28-26-. The number of rotatable bonds is 50. The molecule has 0 spiro atoms. The third-order valence-electron chi connectivity index (χ3n) is 11.7. The van der Waals surface area contributed by atoms with E-state index in [9.17, 15) is 9.59 Å². The highest BCUT2D eigenvalue weighted by atomic mass is 16.6. The number of hydrogen-bond donors (Lipinski definition) is 0. The van der Waals surface area contributed by atoms with Gasteiger partial charge in [-0.15, -0.1) is 0 Å². The molecule has 0 radical (unpaired) electrons. The number of esters is 2. The van der Waals surface area contributed by atoms with Gasteiger partial charge in [0.05, 0.1) is 6.61 Å². The Morgan fingerprint density at radius 1 is 0.359 bits per heavy atom. The first-order chi connectivity index (χ1) is 31.6. The van der Waals surface area contributed by atoms with Crippen LogP contribution in [0.15, 0.2) is 72.9 Å². The van der Waals surface area contributed by atoms with Crippen LogP contribution in [0.3, 0.4) is 0 Å². The summed E-state index contributed by atoms with van der Waals surface area (Å²) in [4.78, 5) is 25.4. The summed E-state index contributed by atoms with van der Waals surface area (Å²) in [5.41, 5.74) is 0. The molecule has 5 nitrogen and oxygen atoms in total. The highest BCUT2D eigenvalue weighted by Gasteiger charge is 2.17. The maximum atomic E-state index is 12.8. The average molecular weight is 893 g/mol. The number of carbonyl (C=O) groups is 2. The fourth-order valence-electron chi connectivity index (χ4n) is 7.62. The predicted octanol–water partition coefficient (Wildman–Crippen LogP) is 18.7. The summed E-state index contributed by atoms with van der Waals surface area (Å²) in [6.45, 7) is 7.64. The lowest BCUT2D eigenvalue weighted by Gasteiger charge is -2.18. The average Bonchev–Trinajstić information content (AvgIpc) is 3.30. The van der Waals surface area contributed by atoms with E-state index in [4.69, 9.17) is 14.2 Å². The minimum absolute atomic E-state index is 0.0731. The van der Waals surface area contributed by atoms with Crippen molar-refractivity contribution in [3.8, 4) is 0 Å². The number of ether oxygens (including phenoxy) is 3. The molecule has 0 saturated heterocycles. The van der Waals surface area contributed by atoms with E-state index in [1.807, 2.05) is 0 Å². The Hall–Kier alpha value is -2.66. The Bertz CT molecular complexity index is 1150. The van der Waals surface area contributed by atoms with Gasteiger partial charge in [-0.2, -0.15) is 0 Å². The third kappa shape index (κ3) is 52.0. The van der Waals surface area contributed by atoms with Crippen LogP contribution in [0.4, 0.5) is 0 Å². The monoisotopic (exact) mass is 893 g/mol. The molecule has 0 aromatic heterocycles. The lowest BCUT2D eigenvalue weighted by atomic mass is 10.1. The van der Waals surface area contributed by atoms with Gasteiger partial charge >= 0.3 is 11.9 Å². The van der Waals surface area contributed by atoms with Gasteiger partial charge in [-0.25, -0.2) is 0 Å². The highest BCUT2D eigenvalue weighted by molar-refractivity contribution is 5.70. The maximum Gasteiger partial charge on any atom is 0.306 e. The molecule has 0 aliphatic carbocycles. The van der Waals surface area contributed by atoms with Crippen molar-refractivity contribution in [2.45, 2.75) is 271 Å². The van der Waals surface area contributed by atoms with Gasteiger partial charge < -0.3 is 14.2 Å². The minimum Gasteiger partial charge on any atom is -0.462 e. The summed E-state index contributed by atoms with van der Waals surface area (Å²) >= 11 is 0. The number of hydrogen-bond acceptors (Lipinski definition) is 5. The van der Waals surface area contributed by atoms with E-state index in [0.717, 1.165) is 83.5 Å². The fourth-order valence-corrected chi connectivity index (χ4v) is 7.62. The highest BCUT2D eigenvalue weighted by Crippen LogP contribution is 2.14. The summed E-state index contributed by atoms with van der Waals surface area (Å²) in [5.74, 6) is -0.417. The van der Waals surface area contributed by atoms with E-state index in [1.54, 1.807) is 0 Å². The Labute approximate surface area is 397 Å². The van der Waals surface area contributed by atoms with Crippen LogP contribution in [0.2, 0.25) is 0 Å². The molecule has 1 unspecified atom stereocenters. The summed E-state index contributed by atoms with van der Waals surface area (Å²) in [6.07, 6.45) is 70.6. The van der Waals surface area contributed by atoms with Crippen LogP contribution < -0.4 is 0 Å². The van der Waals surface area contributed by atoms with Crippen LogP contribution in [-0.2, 0) is 23.8 Å². The molecule has 0 amide bonds. The molecule has 0 heterocycles. The second-order valence-electron chi connectivity index (χ2n) is 18.1. The number of unbranched alkanes of at least 4 members (excludes halogenated alkanes) is 27. The van der Waals surface area contributed by atoms with Crippen LogP contribution in [-0.4, -0.2) is 37.9 Å². The summed E-state index contributed by atoms with van der Waals surface area (Å²) < 4.78 is 17.4. The molecule has 0 aliphatic heterocycles. The Balaban J connectivity index is 4.28. The molecule has 0 aromatic carbocycles. The zero-order valence-corrected chi connectivity index (χ0v) is 42.5. The van der Waals surface area contributed by atoms with Gasteiger partial charge in [0.15, 0.2) is 6.10 Å². The van der Waals surface area contributed by atoms with Crippen molar-refractivity contribution in [2.24, 2.45) is 0 Å². The first-order valence-electron chi connectivity index (χ1n) is 27.5. The van der Waals surface area contributed by atoms with E-state index in [0.29, 0.717) is 19.4 Å². The topological polar surface area (TPSA) is 61.8 Å². The molecule has 0 rings (SSSR count). The molecule has 5 heteroatoms. The van der Waals surface area contributed by atoms with Crippen molar-refractivity contribution in [2.75, 3.05) is 19.8 Å². The van der Waals surface area contributed by atoms with Crippen LogP contribution in [0.5, 0.6) is 0 Å². The zero-order valence-electron chi connectivity index (χ0n) is 42.5. The lowest BCUT2D eigenvalue weighted by molar-refractivity contribution is -0.163. The fraction of sp³-hybridized carbons (Fsp3) is 0.763. The van der Waals surface area contributed by atoms with Crippen molar-refractivity contribution in [3.63, 3.8) is 0 Å². The Kier molecular flexibility index (Phi) is 52.4.